The van der Waals surface area contributed by atoms with Crippen molar-refractivity contribution in [3.05, 3.63) is 71.3 Å². The number of hydrogen-bond acceptors (Lipinski definition) is 7. The van der Waals surface area contributed by atoms with E-state index in [4.69, 9.17) is 16.3 Å². The summed E-state index contributed by atoms with van der Waals surface area (Å²) in [7, 11) is 0. The molecular weight excluding hydrogens is 654 g/mol. The molecular formula is C37H48ClNO10. The average Bonchev–Trinajstić information content (AvgIpc) is 3.04. The quantitative estimate of drug-likeness (QED) is 0.0534. The monoisotopic (exact) mass is 701 g/mol. The van der Waals surface area contributed by atoms with Crippen LogP contribution in [-0.4, -0.2) is 61.7 Å². The Hall–Kier alpha value is -4.22. The van der Waals surface area contributed by atoms with Crippen LogP contribution in [0.25, 0.3) is 0 Å². The molecule has 11 nitrogen and oxygen atoms in total. The van der Waals surface area contributed by atoms with Gasteiger partial charge in [0.2, 0.25) is 5.91 Å². The number of nitrogens with one attached hydrogen (secondary N) is 1. The number of aliphatic carboxylic acids is 3. The van der Waals surface area contributed by atoms with Crippen LogP contribution in [0.2, 0.25) is 5.02 Å². The number of rotatable bonds is 25. The number of aliphatic hydroxyl groups is 1. The van der Waals surface area contributed by atoms with E-state index in [-0.39, 0.29) is 12.2 Å². The molecule has 0 aliphatic heterocycles. The second-order valence-electron chi connectivity index (χ2n) is 12.2. The number of carboxylic acids is 3. The third-order valence-corrected chi connectivity index (χ3v) is 8.33. The summed E-state index contributed by atoms with van der Waals surface area (Å²) in [5, 5.41) is 42.7. The summed E-state index contributed by atoms with van der Waals surface area (Å²) < 4.78 is 5.74. The molecule has 49 heavy (non-hydrogen) atoms. The molecule has 3 atom stereocenters. The number of allylic oxidation sites excluding steroid dienone is 1. The Balaban J connectivity index is 2.01. The number of carbonyl (C=O) groups excluding carboxylic acids is 2. The van der Waals surface area contributed by atoms with Crippen molar-refractivity contribution in [3.8, 4) is 11.5 Å². The molecule has 268 valence electrons. The first-order valence-corrected chi connectivity index (χ1v) is 17.1. The van der Waals surface area contributed by atoms with Gasteiger partial charge in [0.15, 0.2) is 5.60 Å². The maximum atomic E-state index is 13.4. The van der Waals surface area contributed by atoms with Gasteiger partial charge in [0.1, 0.15) is 23.3 Å². The molecule has 0 radical (unpaired) electrons. The van der Waals surface area contributed by atoms with Crippen LogP contribution in [0.15, 0.2) is 60.7 Å². The van der Waals surface area contributed by atoms with Gasteiger partial charge in [0.25, 0.3) is 0 Å². The number of carboxylic acid groups (broad SMARTS) is 3. The van der Waals surface area contributed by atoms with E-state index in [0.29, 0.717) is 47.8 Å². The largest absolute Gasteiger partial charge is 0.481 e. The Morgan fingerprint density at radius 2 is 1.37 bits per heavy atom. The summed E-state index contributed by atoms with van der Waals surface area (Å²) in [6.45, 7) is 2.15. The highest BCUT2D eigenvalue weighted by Crippen LogP contribution is 2.27. The second-order valence-corrected chi connectivity index (χ2v) is 12.6. The van der Waals surface area contributed by atoms with E-state index in [1.807, 2.05) is 0 Å². The van der Waals surface area contributed by atoms with Gasteiger partial charge in [-0.1, -0.05) is 81.3 Å². The van der Waals surface area contributed by atoms with Crippen molar-refractivity contribution in [1.82, 2.24) is 5.32 Å². The van der Waals surface area contributed by atoms with Crippen molar-refractivity contribution >= 4 is 41.2 Å². The Kier molecular flexibility index (Phi) is 18.1. The Morgan fingerprint density at radius 1 is 0.816 bits per heavy atom. The molecule has 0 saturated heterocycles. The van der Waals surface area contributed by atoms with E-state index in [1.165, 1.54) is 12.5 Å². The van der Waals surface area contributed by atoms with Crippen LogP contribution in [0, 0.1) is 5.92 Å². The highest BCUT2D eigenvalue weighted by Gasteiger charge is 2.49. The molecule has 0 fully saturated rings. The van der Waals surface area contributed by atoms with Crippen molar-refractivity contribution in [2.45, 2.75) is 108 Å². The fraction of sp³-hybridized carbons (Fsp3) is 0.486. The summed E-state index contributed by atoms with van der Waals surface area (Å²) in [4.78, 5) is 61.1. The number of carbonyl (C=O) groups is 5. The summed E-state index contributed by atoms with van der Waals surface area (Å²) in [6.07, 6.45) is 11.1. The smallest absolute Gasteiger partial charge is 0.337 e. The first-order chi connectivity index (χ1) is 23.3. The Bertz CT molecular complexity index is 1390. The van der Waals surface area contributed by atoms with E-state index >= 15 is 0 Å². The lowest BCUT2D eigenvalue weighted by Crippen LogP contribution is -2.55. The Labute approximate surface area is 292 Å². The van der Waals surface area contributed by atoms with Crippen molar-refractivity contribution in [2.75, 3.05) is 0 Å². The van der Waals surface area contributed by atoms with Crippen LogP contribution in [0.4, 0.5) is 0 Å². The van der Waals surface area contributed by atoms with Gasteiger partial charge in [-0.2, -0.15) is 0 Å². The van der Waals surface area contributed by atoms with Crippen LogP contribution in [0.3, 0.4) is 0 Å². The van der Waals surface area contributed by atoms with Gasteiger partial charge in [0.05, 0.1) is 12.3 Å². The van der Waals surface area contributed by atoms with Crippen LogP contribution in [-0.2, 0) is 30.4 Å². The summed E-state index contributed by atoms with van der Waals surface area (Å²) in [5.41, 5.74) is -2.52. The molecule has 0 spiro atoms. The lowest BCUT2D eigenvalue weighted by Gasteiger charge is -2.29. The van der Waals surface area contributed by atoms with E-state index in [0.717, 1.165) is 51.0 Å². The van der Waals surface area contributed by atoms with Crippen molar-refractivity contribution < 1.29 is 49.1 Å². The number of unbranched alkanes of at least 4 members (excludes halogenated alkanes) is 8. The number of ketones is 1. The molecule has 0 heterocycles. The predicted molar refractivity (Wildman–Crippen MR) is 185 cm³/mol. The molecule has 1 amide bonds. The SMILES string of the molecule is CCCCCCCC(=O)CCCCCC/C=C/[C@@H](C(=O)N[C@@H](Cc1ccc(Oc2ccc(Cl)cc2)cc1)C(=O)O)[C@@](O)(CC(=O)O)C(=O)O. The first-order valence-electron chi connectivity index (χ1n) is 16.8. The molecule has 5 N–H and O–H groups in total. The van der Waals surface area contributed by atoms with E-state index in [1.54, 1.807) is 48.5 Å². The van der Waals surface area contributed by atoms with Gasteiger partial charge < -0.3 is 30.5 Å². The number of ether oxygens (including phenoxy) is 1. The van der Waals surface area contributed by atoms with Crippen LogP contribution < -0.4 is 10.1 Å². The van der Waals surface area contributed by atoms with Gasteiger partial charge in [-0.25, -0.2) is 9.59 Å². The molecule has 0 aromatic heterocycles. The topological polar surface area (TPSA) is 188 Å². The standard InChI is InChI=1S/C37H48ClNO10/c1-2-3-4-7-10-13-28(40)14-11-8-5-6-9-12-15-31(37(48,36(46)47)25-33(41)42)34(43)39-32(35(44)45)24-26-16-20-29(21-17-26)49-30-22-18-27(38)19-23-30/h12,15-23,31-32,48H,2-11,13-14,24-25H2,1H3,(H,39,43)(H,41,42)(H,44,45)(H,46,47)/b15-12+/t31-,32-,37-/m0/s1. The average molecular weight is 702 g/mol. The molecule has 2 aromatic rings. The lowest BCUT2D eigenvalue weighted by atomic mass is 9.82. The minimum absolute atomic E-state index is 0.190. The number of hydrogen-bond donors (Lipinski definition) is 5. The number of halogens is 1. The second kappa shape index (κ2) is 21.7. The van der Waals surface area contributed by atoms with Gasteiger partial charge in [0, 0.05) is 24.3 Å². The van der Waals surface area contributed by atoms with E-state index in [2.05, 4.69) is 12.2 Å². The first kappa shape index (κ1) is 41.0. The van der Waals surface area contributed by atoms with Crippen LogP contribution in [0.5, 0.6) is 11.5 Å². The fourth-order valence-electron chi connectivity index (χ4n) is 5.26. The lowest BCUT2D eigenvalue weighted by molar-refractivity contribution is -0.172. The molecule has 0 unspecified atom stereocenters. The minimum Gasteiger partial charge on any atom is -0.481 e. The number of amides is 1. The molecule has 0 saturated carbocycles. The third kappa shape index (κ3) is 15.3. The van der Waals surface area contributed by atoms with Gasteiger partial charge in [-0.15, -0.1) is 0 Å². The zero-order valence-corrected chi connectivity index (χ0v) is 28.7. The van der Waals surface area contributed by atoms with Crippen molar-refractivity contribution in [2.24, 2.45) is 5.92 Å². The molecule has 12 heteroatoms. The Morgan fingerprint density at radius 3 is 1.90 bits per heavy atom. The highest BCUT2D eigenvalue weighted by molar-refractivity contribution is 6.30. The van der Waals surface area contributed by atoms with Gasteiger partial charge in [-0.05, 0) is 67.6 Å². The van der Waals surface area contributed by atoms with E-state index in [9.17, 15) is 44.4 Å². The van der Waals surface area contributed by atoms with E-state index < -0.39 is 47.8 Å². The summed E-state index contributed by atoms with van der Waals surface area (Å²) in [5.74, 6) is -6.77. The number of benzene rings is 2. The normalized spacial score (nSPS) is 13.7. The molecule has 0 aliphatic rings. The summed E-state index contributed by atoms with van der Waals surface area (Å²) in [6, 6.07) is 11.6. The maximum absolute atomic E-state index is 13.4. The third-order valence-electron chi connectivity index (χ3n) is 8.08. The fourth-order valence-corrected chi connectivity index (χ4v) is 5.39. The van der Waals surface area contributed by atoms with Crippen LogP contribution in [0.1, 0.15) is 96.0 Å². The number of Topliss-reactive ketones (excluding diaryl/α,β-unsaturated/α-hetero) is 1. The van der Waals surface area contributed by atoms with Crippen molar-refractivity contribution in [1.29, 1.82) is 0 Å². The zero-order chi connectivity index (χ0) is 36.2. The maximum Gasteiger partial charge on any atom is 0.337 e. The van der Waals surface area contributed by atoms with Crippen LogP contribution >= 0.6 is 11.6 Å². The van der Waals surface area contributed by atoms with Crippen molar-refractivity contribution in [3.63, 3.8) is 0 Å². The minimum atomic E-state index is -3.03. The molecule has 2 aromatic carbocycles. The molecule has 0 aliphatic carbocycles. The van der Waals surface area contributed by atoms with Gasteiger partial charge in [-0.3, -0.25) is 14.4 Å². The molecule has 2 rings (SSSR count). The molecule has 0 bridgehead atoms. The highest BCUT2D eigenvalue weighted by atomic mass is 35.5. The summed E-state index contributed by atoms with van der Waals surface area (Å²) >= 11 is 5.89. The zero-order valence-electron chi connectivity index (χ0n) is 27.9. The van der Waals surface area contributed by atoms with Gasteiger partial charge >= 0.3 is 17.9 Å². The predicted octanol–water partition coefficient (Wildman–Crippen LogP) is 6.98.